The highest BCUT2D eigenvalue weighted by Crippen LogP contribution is 2.34. The Morgan fingerprint density at radius 2 is 2.24 bits per heavy atom. The quantitative estimate of drug-likeness (QED) is 0.870. The molecule has 0 bridgehead atoms. The number of nitrogens with two attached hydrogens (primary N) is 1. The second kappa shape index (κ2) is 5.17. The van der Waals surface area contributed by atoms with Crippen LogP contribution in [0.2, 0.25) is 0 Å². The highest BCUT2D eigenvalue weighted by atomic mass is 15.3. The Balaban J connectivity index is 2.01. The smallest absolute Gasteiger partial charge is 0.138 e. The molecule has 1 fully saturated rings. The third kappa shape index (κ3) is 2.86. The molecule has 0 saturated heterocycles. The molecule has 0 aromatic carbocycles. The summed E-state index contributed by atoms with van der Waals surface area (Å²) in [6.45, 7) is 4.64. The van der Waals surface area contributed by atoms with E-state index in [1.54, 1.807) is 6.33 Å². The monoisotopic (exact) mass is 236 g/mol. The highest BCUT2D eigenvalue weighted by molar-refractivity contribution is 4.93. The Kier molecular flexibility index (Phi) is 3.82. The molecule has 0 aliphatic heterocycles. The summed E-state index contributed by atoms with van der Waals surface area (Å²) < 4.78 is 1.87. The van der Waals surface area contributed by atoms with Crippen LogP contribution in [0, 0.1) is 17.8 Å². The lowest BCUT2D eigenvalue weighted by Gasteiger charge is -2.35. The number of aryl methyl sites for hydroxylation is 1. The Morgan fingerprint density at radius 1 is 1.47 bits per heavy atom. The first kappa shape index (κ1) is 12.6. The van der Waals surface area contributed by atoms with Gasteiger partial charge in [0.1, 0.15) is 12.2 Å². The van der Waals surface area contributed by atoms with Gasteiger partial charge < -0.3 is 5.73 Å². The van der Waals surface area contributed by atoms with E-state index in [2.05, 4.69) is 23.9 Å². The summed E-state index contributed by atoms with van der Waals surface area (Å²) in [5.41, 5.74) is 6.25. The van der Waals surface area contributed by atoms with Crippen LogP contribution in [0.15, 0.2) is 6.33 Å². The van der Waals surface area contributed by atoms with Crippen LogP contribution in [0.25, 0.3) is 0 Å². The molecule has 2 rings (SSSR count). The largest absolute Gasteiger partial charge is 0.327 e. The van der Waals surface area contributed by atoms with Gasteiger partial charge in [0.2, 0.25) is 0 Å². The Labute approximate surface area is 104 Å². The fraction of sp³-hybridized carbons (Fsp3) is 0.846. The van der Waals surface area contributed by atoms with Gasteiger partial charge in [0.25, 0.3) is 0 Å². The van der Waals surface area contributed by atoms with Crippen molar-refractivity contribution in [2.75, 3.05) is 0 Å². The van der Waals surface area contributed by atoms with Gasteiger partial charge in [-0.25, -0.2) is 4.98 Å². The second-order valence-electron chi connectivity index (χ2n) is 5.75. The fourth-order valence-corrected chi connectivity index (χ4v) is 2.90. The summed E-state index contributed by atoms with van der Waals surface area (Å²) in [5.74, 6) is 3.23. The average molecular weight is 236 g/mol. The van der Waals surface area contributed by atoms with Gasteiger partial charge in [0, 0.05) is 19.5 Å². The Morgan fingerprint density at radius 3 is 2.82 bits per heavy atom. The van der Waals surface area contributed by atoms with Gasteiger partial charge in [0.15, 0.2) is 0 Å². The van der Waals surface area contributed by atoms with Crippen LogP contribution in [-0.4, -0.2) is 20.8 Å². The van der Waals surface area contributed by atoms with Gasteiger partial charge >= 0.3 is 0 Å². The summed E-state index contributed by atoms with van der Waals surface area (Å²) in [5, 5.41) is 4.13. The molecule has 3 unspecified atom stereocenters. The van der Waals surface area contributed by atoms with Gasteiger partial charge in [0.05, 0.1) is 0 Å². The standard InChI is InChI=1S/C13H24N4/c1-9(2)10-4-5-12(14)11(6-10)7-13-15-8-16-17(13)3/h8-12H,4-7,14H2,1-3H3. The van der Waals surface area contributed by atoms with E-state index in [4.69, 9.17) is 5.73 Å². The minimum atomic E-state index is 0.335. The van der Waals surface area contributed by atoms with E-state index in [9.17, 15) is 0 Å². The third-order valence-corrected chi connectivity index (χ3v) is 4.27. The Bertz CT molecular complexity index is 358. The summed E-state index contributed by atoms with van der Waals surface area (Å²) in [7, 11) is 1.95. The zero-order valence-electron chi connectivity index (χ0n) is 11.1. The van der Waals surface area contributed by atoms with E-state index in [1.807, 2.05) is 11.7 Å². The maximum Gasteiger partial charge on any atom is 0.138 e. The fourth-order valence-electron chi connectivity index (χ4n) is 2.90. The first-order chi connectivity index (χ1) is 8.08. The molecule has 1 aromatic rings. The minimum absolute atomic E-state index is 0.335. The van der Waals surface area contributed by atoms with Crippen molar-refractivity contribution in [2.45, 2.75) is 45.6 Å². The van der Waals surface area contributed by atoms with Crippen LogP contribution < -0.4 is 5.73 Å². The molecule has 1 aliphatic rings. The predicted molar refractivity (Wildman–Crippen MR) is 68.4 cm³/mol. The molecule has 3 atom stereocenters. The van der Waals surface area contributed by atoms with Crippen molar-refractivity contribution in [2.24, 2.45) is 30.5 Å². The van der Waals surface area contributed by atoms with Crippen LogP contribution in [0.1, 0.15) is 38.9 Å². The molecular formula is C13H24N4. The van der Waals surface area contributed by atoms with Gasteiger partial charge in [-0.2, -0.15) is 5.10 Å². The van der Waals surface area contributed by atoms with Crippen molar-refractivity contribution in [1.82, 2.24) is 14.8 Å². The molecule has 0 spiro atoms. The minimum Gasteiger partial charge on any atom is -0.327 e. The highest BCUT2D eigenvalue weighted by Gasteiger charge is 2.30. The van der Waals surface area contributed by atoms with E-state index in [0.29, 0.717) is 12.0 Å². The molecule has 1 heterocycles. The molecule has 0 radical (unpaired) electrons. The van der Waals surface area contributed by atoms with Gasteiger partial charge in [-0.1, -0.05) is 13.8 Å². The number of aromatic nitrogens is 3. The van der Waals surface area contributed by atoms with Crippen molar-refractivity contribution < 1.29 is 0 Å². The molecule has 0 amide bonds. The summed E-state index contributed by atoms with van der Waals surface area (Å²) in [4.78, 5) is 4.31. The van der Waals surface area contributed by atoms with Crippen LogP contribution >= 0.6 is 0 Å². The lowest BCUT2D eigenvalue weighted by molar-refractivity contribution is 0.187. The SMILES string of the molecule is CC(C)C1CCC(N)C(Cc2ncnn2C)C1. The molecule has 1 aliphatic carbocycles. The molecular weight excluding hydrogens is 212 g/mol. The first-order valence-corrected chi connectivity index (χ1v) is 6.66. The maximum absolute atomic E-state index is 6.25. The van der Waals surface area contributed by atoms with Crippen LogP contribution in [0.5, 0.6) is 0 Å². The van der Waals surface area contributed by atoms with Crippen LogP contribution in [0.3, 0.4) is 0 Å². The molecule has 96 valence electrons. The Hall–Kier alpha value is -0.900. The molecule has 4 nitrogen and oxygen atoms in total. The molecule has 17 heavy (non-hydrogen) atoms. The normalized spacial score (nSPS) is 29.8. The van der Waals surface area contributed by atoms with Crippen molar-refractivity contribution >= 4 is 0 Å². The summed E-state index contributed by atoms with van der Waals surface area (Å²) >= 11 is 0. The second-order valence-corrected chi connectivity index (χ2v) is 5.75. The zero-order valence-corrected chi connectivity index (χ0v) is 11.1. The van der Waals surface area contributed by atoms with E-state index in [-0.39, 0.29) is 0 Å². The molecule has 1 saturated carbocycles. The van der Waals surface area contributed by atoms with Crippen molar-refractivity contribution in [3.63, 3.8) is 0 Å². The van der Waals surface area contributed by atoms with Gasteiger partial charge in [-0.05, 0) is 37.0 Å². The van der Waals surface area contributed by atoms with Crippen LogP contribution in [0.4, 0.5) is 0 Å². The van der Waals surface area contributed by atoms with E-state index in [1.165, 1.54) is 12.8 Å². The topological polar surface area (TPSA) is 56.7 Å². The molecule has 1 aromatic heterocycles. The van der Waals surface area contributed by atoms with Crippen molar-refractivity contribution in [3.8, 4) is 0 Å². The maximum atomic E-state index is 6.25. The van der Waals surface area contributed by atoms with Crippen molar-refractivity contribution in [1.29, 1.82) is 0 Å². The van der Waals surface area contributed by atoms with E-state index in [0.717, 1.165) is 30.5 Å². The number of nitrogens with zero attached hydrogens (tertiary/aromatic N) is 3. The third-order valence-electron chi connectivity index (χ3n) is 4.27. The number of hydrogen-bond acceptors (Lipinski definition) is 3. The molecule has 4 heteroatoms. The van der Waals surface area contributed by atoms with Gasteiger partial charge in [-0.3, -0.25) is 4.68 Å². The average Bonchev–Trinajstić information content (AvgIpc) is 2.67. The lowest BCUT2D eigenvalue weighted by Crippen LogP contribution is -2.38. The predicted octanol–water partition coefficient (Wildman–Crippen LogP) is 1.76. The first-order valence-electron chi connectivity index (χ1n) is 6.66. The van der Waals surface area contributed by atoms with Crippen LogP contribution in [-0.2, 0) is 13.5 Å². The van der Waals surface area contributed by atoms with Gasteiger partial charge in [-0.15, -0.1) is 0 Å². The summed E-state index contributed by atoms with van der Waals surface area (Å²) in [6, 6.07) is 0.335. The van der Waals surface area contributed by atoms with Crippen molar-refractivity contribution in [3.05, 3.63) is 12.2 Å². The zero-order chi connectivity index (χ0) is 12.4. The lowest BCUT2D eigenvalue weighted by atomic mass is 9.73. The number of rotatable bonds is 3. The van der Waals surface area contributed by atoms with E-state index >= 15 is 0 Å². The molecule has 2 N–H and O–H groups in total. The van der Waals surface area contributed by atoms with E-state index < -0.39 is 0 Å². The summed E-state index contributed by atoms with van der Waals surface area (Å²) in [6.07, 6.45) is 6.29. The number of hydrogen-bond donors (Lipinski definition) is 1.